The Bertz CT molecular complexity index is 375. The molecule has 1 nitrogen and oxygen atoms in total. The maximum atomic E-state index is 12.5. The number of benzene rings is 1. The number of hydrogen-bond donors (Lipinski definition) is 0. The normalized spacial score (nSPS) is 10.7. The fourth-order valence-corrected chi connectivity index (χ4v) is 1.87. The van der Waals surface area contributed by atoms with Crippen LogP contribution >= 0.6 is 15.9 Å². The van der Waals surface area contributed by atoms with Gasteiger partial charge in [0.1, 0.15) is 0 Å². The first-order valence-corrected chi connectivity index (χ1v) is 4.82. The van der Waals surface area contributed by atoms with Crippen LogP contribution in [0.1, 0.15) is 34.8 Å². The molecule has 4 heteroatoms. The Morgan fingerprint density at radius 3 is 2.43 bits per heavy atom. The lowest BCUT2D eigenvalue weighted by atomic mass is 10.0. The molecule has 0 aliphatic rings. The molecule has 0 amide bonds. The van der Waals surface area contributed by atoms with Crippen LogP contribution in [0, 0.1) is 6.92 Å². The van der Waals surface area contributed by atoms with Gasteiger partial charge in [-0.05, 0) is 31.5 Å². The SMILES string of the molecule is CC(=O)c1cc(C(F)F)c(Br)cc1C. The number of hydrogen-bond acceptors (Lipinski definition) is 1. The zero-order valence-electron chi connectivity index (χ0n) is 7.77. The minimum atomic E-state index is -2.57. The van der Waals surface area contributed by atoms with Gasteiger partial charge in [-0.1, -0.05) is 15.9 Å². The van der Waals surface area contributed by atoms with Crippen LogP contribution in [-0.2, 0) is 0 Å². The highest BCUT2D eigenvalue weighted by Crippen LogP contribution is 2.30. The zero-order chi connectivity index (χ0) is 10.9. The first-order valence-electron chi connectivity index (χ1n) is 4.02. The number of ketones is 1. The molecule has 1 aromatic carbocycles. The van der Waals surface area contributed by atoms with Gasteiger partial charge in [0.05, 0.1) is 0 Å². The molecule has 1 rings (SSSR count). The fraction of sp³-hybridized carbons (Fsp3) is 0.300. The Hall–Kier alpha value is -0.770. The van der Waals surface area contributed by atoms with Gasteiger partial charge in [-0.25, -0.2) is 8.78 Å². The number of halogens is 3. The van der Waals surface area contributed by atoms with Crippen molar-refractivity contribution in [1.29, 1.82) is 0 Å². The van der Waals surface area contributed by atoms with Crippen LogP contribution in [0.25, 0.3) is 0 Å². The number of rotatable bonds is 2. The second-order valence-corrected chi connectivity index (χ2v) is 3.90. The third kappa shape index (κ3) is 2.18. The predicted molar refractivity (Wildman–Crippen MR) is 53.8 cm³/mol. The first kappa shape index (κ1) is 11.3. The van der Waals surface area contributed by atoms with E-state index < -0.39 is 6.43 Å². The molecule has 76 valence electrons. The largest absolute Gasteiger partial charge is 0.295 e. The second kappa shape index (κ2) is 4.17. The molecule has 0 saturated carbocycles. The summed E-state index contributed by atoms with van der Waals surface area (Å²) in [6, 6.07) is 2.78. The quantitative estimate of drug-likeness (QED) is 0.739. The summed E-state index contributed by atoms with van der Waals surface area (Å²) in [5.41, 5.74) is 0.915. The minimum Gasteiger partial charge on any atom is -0.295 e. The molecule has 1 aromatic rings. The fourth-order valence-electron chi connectivity index (χ4n) is 1.24. The standard InChI is InChI=1S/C10H9BrF2O/c1-5-3-9(11)8(10(12)13)4-7(5)6(2)14/h3-4,10H,1-2H3. The average molecular weight is 263 g/mol. The molecule has 0 atom stereocenters. The Balaban J connectivity index is 3.34. The van der Waals surface area contributed by atoms with E-state index >= 15 is 0 Å². The van der Waals surface area contributed by atoms with Crippen LogP contribution in [0.3, 0.4) is 0 Å². The molecular weight excluding hydrogens is 254 g/mol. The second-order valence-electron chi connectivity index (χ2n) is 3.05. The van der Waals surface area contributed by atoms with Crippen molar-refractivity contribution in [2.24, 2.45) is 0 Å². The lowest BCUT2D eigenvalue weighted by molar-refractivity contribution is 0.101. The summed E-state index contributed by atoms with van der Waals surface area (Å²) in [6.07, 6.45) is -2.57. The molecule has 0 N–H and O–H groups in total. The van der Waals surface area contributed by atoms with Crippen LogP contribution < -0.4 is 0 Å². The molecule has 0 aromatic heterocycles. The van der Waals surface area contributed by atoms with Crippen LogP contribution in [0.15, 0.2) is 16.6 Å². The summed E-state index contributed by atoms with van der Waals surface area (Å²) in [4.78, 5) is 11.1. The van der Waals surface area contributed by atoms with Crippen molar-refractivity contribution >= 4 is 21.7 Å². The third-order valence-corrected chi connectivity index (χ3v) is 2.64. The van der Waals surface area contributed by atoms with Crippen molar-refractivity contribution in [3.63, 3.8) is 0 Å². The molecular formula is C10H9BrF2O. The number of carbonyl (C=O) groups excluding carboxylic acids is 1. The molecule has 0 bridgehead atoms. The van der Waals surface area contributed by atoms with Crippen molar-refractivity contribution < 1.29 is 13.6 Å². The van der Waals surface area contributed by atoms with Crippen LogP contribution in [-0.4, -0.2) is 5.78 Å². The maximum Gasteiger partial charge on any atom is 0.264 e. The predicted octanol–water partition coefficient (Wildman–Crippen LogP) is 3.90. The first-order chi connectivity index (χ1) is 6.43. The summed E-state index contributed by atoms with van der Waals surface area (Å²) >= 11 is 3.04. The van der Waals surface area contributed by atoms with Crippen molar-refractivity contribution in [2.45, 2.75) is 20.3 Å². The van der Waals surface area contributed by atoms with Crippen LogP contribution in [0.5, 0.6) is 0 Å². The average Bonchev–Trinajstić information content (AvgIpc) is 2.02. The van der Waals surface area contributed by atoms with Gasteiger partial charge in [0, 0.05) is 15.6 Å². The Labute approximate surface area is 89.3 Å². The molecule has 0 fully saturated rings. The minimum absolute atomic E-state index is 0.138. The molecule has 0 aliphatic heterocycles. The highest BCUT2D eigenvalue weighted by molar-refractivity contribution is 9.10. The zero-order valence-corrected chi connectivity index (χ0v) is 9.36. The molecule has 0 spiro atoms. The van der Waals surface area contributed by atoms with Crippen LogP contribution in [0.2, 0.25) is 0 Å². The van der Waals surface area contributed by atoms with Crippen LogP contribution in [0.4, 0.5) is 8.78 Å². The monoisotopic (exact) mass is 262 g/mol. The van der Waals surface area contributed by atoms with Gasteiger partial charge in [-0.3, -0.25) is 4.79 Å². The Morgan fingerprint density at radius 2 is 2.00 bits per heavy atom. The van der Waals surface area contributed by atoms with Gasteiger partial charge in [0.25, 0.3) is 6.43 Å². The number of carbonyl (C=O) groups is 1. The summed E-state index contributed by atoms with van der Waals surface area (Å²) in [5, 5.41) is 0. The summed E-state index contributed by atoms with van der Waals surface area (Å²) in [7, 11) is 0. The maximum absolute atomic E-state index is 12.5. The van der Waals surface area contributed by atoms with Gasteiger partial charge in [-0.2, -0.15) is 0 Å². The highest BCUT2D eigenvalue weighted by atomic mass is 79.9. The van der Waals surface area contributed by atoms with E-state index in [1.807, 2.05) is 0 Å². The molecule has 0 aliphatic carbocycles. The van der Waals surface area contributed by atoms with E-state index in [4.69, 9.17) is 0 Å². The lowest BCUT2D eigenvalue weighted by Gasteiger charge is -2.08. The van der Waals surface area contributed by atoms with E-state index in [0.717, 1.165) is 0 Å². The topological polar surface area (TPSA) is 17.1 Å². The van der Waals surface area contributed by atoms with Gasteiger partial charge >= 0.3 is 0 Å². The smallest absolute Gasteiger partial charge is 0.264 e. The van der Waals surface area contributed by atoms with Gasteiger partial charge in [-0.15, -0.1) is 0 Å². The van der Waals surface area contributed by atoms with E-state index in [9.17, 15) is 13.6 Å². The third-order valence-electron chi connectivity index (χ3n) is 1.96. The van der Waals surface area contributed by atoms with Crippen molar-refractivity contribution in [3.05, 3.63) is 33.3 Å². The summed E-state index contributed by atoms with van der Waals surface area (Å²) < 4.78 is 25.3. The van der Waals surface area contributed by atoms with Crippen molar-refractivity contribution in [3.8, 4) is 0 Å². The molecule has 0 radical (unpaired) electrons. The van der Waals surface area contributed by atoms with E-state index in [1.54, 1.807) is 6.92 Å². The van der Waals surface area contributed by atoms with Gasteiger partial charge < -0.3 is 0 Å². The molecule has 0 heterocycles. The number of Topliss-reactive ketones (excluding diaryl/α,β-unsaturated/α-hetero) is 1. The summed E-state index contributed by atoms with van der Waals surface area (Å²) in [6.45, 7) is 3.09. The van der Waals surface area contributed by atoms with E-state index in [-0.39, 0.29) is 11.3 Å². The molecule has 0 saturated heterocycles. The van der Waals surface area contributed by atoms with E-state index in [2.05, 4.69) is 15.9 Å². The van der Waals surface area contributed by atoms with E-state index in [0.29, 0.717) is 15.6 Å². The Morgan fingerprint density at radius 1 is 1.43 bits per heavy atom. The molecule has 0 unspecified atom stereocenters. The highest BCUT2D eigenvalue weighted by Gasteiger charge is 2.15. The van der Waals surface area contributed by atoms with Crippen molar-refractivity contribution in [1.82, 2.24) is 0 Å². The molecule has 14 heavy (non-hydrogen) atoms. The summed E-state index contributed by atoms with van der Waals surface area (Å²) in [5.74, 6) is -0.197. The lowest BCUT2D eigenvalue weighted by Crippen LogP contribution is -1.99. The number of aryl methyl sites for hydroxylation is 1. The van der Waals surface area contributed by atoms with Crippen molar-refractivity contribution in [2.75, 3.05) is 0 Å². The van der Waals surface area contributed by atoms with Gasteiger partial charge in [0.15, 0.2) is 5.78 Å². The Kier molecular flexibility index (Phi) is 3.37. The van der Waals surface area contributed by atoms with E-state index in [1.165, 1.54) is 19.1 Å². The number of alkyl halides is 2. The van der Waals surface area contributed by atoms with Gasteiger partial charge in [0.2, 0.25) is 0 Å².